The molecule has 17 heavy (non-hydrogen) atoms. The molecule has 0 spiro atoms. The van der Waals surface area contributed by atoms with E-state index >= 15 is 0 Å². The van der Waals surface area contributed by atoms with E-state index in [9.17, 15) is 4.79 Å². The minimum atomic E-state index is -0.773. The van der Waals surface area contributed by atoms with E-state index in [0.717, 1.165) is 11.3 Å². The number of hydrogen-bond donors (Lipinski definition) is 2. The molecule has 0 aliphatic carbocycles. The van der Waals surface area contributed by atoms with Crippen molar-refractivity contribution in [1.29, 1.82) is 0 Å². The van der Waals surface area contributed by atoms with E-state index in [4.69, 9.17) is 5.11 Å². The lowest BCUT2D eigenvalue weighted by Crippen LogP contribution is -2.33. The van der Waals surface area contributed by atoms with Gasteiger partial charge in [0.1, 0.15) is 6.04 Å². The highest BCUT2D eigenvalue weighted by Crippen LogP contribution is 2.33. The second kappa shape index (κ2) is 4.98. The fourth-order valence-corrected chi connectivity index (χ4v) is 2.99. The van der Waals surface area contributed by atoms with Crippen LogP contribution in [0, 0.1) is 0 Å². The molecule has 1 aliphatic rings. The summed E-state index contributed by atoms with van der Waals surface area (Å²) in [5.41, 5.74) is 2.27. The number of carbonyl (C=O) groups is 1. The number of anilines is 1. The van der Waals surface area contributed by atoms with Gasteiger partial charge in [0.2, 0.25) is 0 Å². The van der Waals surface area contributed by atoms with Gasteiger partial charge in [-0.25, -0.2) is 0 Å². The third-order valence-electron chi connectivity index (χ3n) is 2.79. The molecule has 1 heterocycles. The highest BCUT2D eigenvalue weighted by Gasteiger charge is 2.30. The zero-order chi connectivity index (χ0) is 12.4. The first kappa shape index (κ1) is 12.3. The van der Waals surface area contributed by atoms with Crippen molar-refractivity contribution in [3.63, 3.8) is 0 Å². The molecule has 0 radical (unpaired) electrons. The fraction of sp³-hybridized carbons (Fsp3) is 0.417. The van der Waals surface area contributed by atoms with Crippen molar-refractivity contribution in [3.8, 4) is 0 Å². The smallest absolute Gasteiger partial charge is 0.321 e. The Hall–Kier alpha value is -1.20. The van der Waals surface area contributed by atoms with Crippen LogP contribution in [0.2, 0.25) is 0 Å². The van der Waals surface area contributed by atoms with Crippen LogP contribution in [0.5, 0.6) is 0 Å². The van der Waals surface area contributed by atoms with Gasteiger partial charge in [-0.05, 0) is 17.7 Å². The maximum atomic E-state index is 10.8. The summed E-state index contributed by atoms with van der Waals surface area (Å²) in [5.74, 6) is -0.153. The van der Waals surface area contributed by atoms with E-state index in [0.29, 0.717) is 5.75 Å². The largest absolute Gasteiger partial charge is 0.480 e. The Morgan fingerprint density at radius 1 is 1.41 bits per heavy atom. The molecule has 1 aromatic rings. The Labute approximate surface area is 105 Å². The Bertz CT molecular complexity index is 405. The Balaban J connectivity index is 2.06. The van der Waals surface area contributed by atoms with Gasteiger partial charge in [0.25, 0.3) is 0 Å². The van der Waals surface area contributed by atoms with E-state index in [-0.39, 0.29) is 5.37 Å². The van der Waals surface area contributed by atoms with Gasteiger partial charge in [-0.1, -0.05) is 12.1 Å². The molecule has 0 aromatic heterocycles. The minimum Gasteiger partial charge on any atom is -0.480 e. The quantitative estimate of drug-likeness (QED) is 0.854. The second-order valence-corrected chi connectivity index (χ2v) is 5.39. The Kier molecular flexibility index (Phi) is 3.59. The molecule has 5 heteroatoms. The molecule has 2 rings (SSSR count). The Morgan fingerprint density at radius 3 is 2.53 bits per heavy atom. The molecular formula is C12H16N2O2S. The molecule has 1 fully saturated rings. The van der Waals surface area contributed by atoms with Crippen LogP contribution in [-0.2, 0) is 4.79 Å². The first-order chi connectivity index (χ1) is 8.08. The molecule has 1 aromatic carbocycles. The Morgan fingerprint density at radius 2 is 2.06 bits per heavy atom. The van der Waals surface area contributed by atoms with Crippen molar-refractivity contribution in [2.24, 2.45) is 0 Å². The first-order valence-electron chi connectivity index (χ1n) is 5.45. The number of carboxylic acids is 1. The average molecular weight is 252 g/mol. The third kappa shape index (κ3) is 2.73. The van der Waals surface area contributed by atoms with Crippen LogP contribution >= 0.6 is 11.8 Å². The fourth-order valence-electron chi connectivity index (χ4n) is 1.75. The van der Waals surface area contributed by atoms with E-state index in [1.807, 2.05) is 43.3 Å². The van der Waals surface area contributed by atoms with Gasteiger partial charge in [0, 0.05) is 25.5 Å². The van der Waals surface area contributed by atoms with Crippen LogP contribution in [0.1, 0.15) is 10.9 Å². The molecular weight excluding hydrogens is 236 g/mol. The van der Waals surface area contributed by atoms with Crippen LogP contribution < -0.4 is 10.2 Å². The summed E-state index contributed by atoms with van der Waals surface area (Å²) in [6, 6.07) is 7.75. The van der Waals surface area contributed by atoms with E-state index in [1.54, 1.807) is 11.8 Å². The maximum absolute atomic E-state index is 10.8. The van der Waals surface area contributed by atoms with Crippen molar-refractivity contribution >= 4 is 23.4 Å². The molecule has 2 N–H and O–H groups in total. The van der Waals surface area contributed by atoms with Crippen LogP contribution in [-0.4, -0.2) is 37.0 Å². The molecule has 0 bridgehead atoms. The lowest BCUT2D eigenvalue weighted by molar-refractivity contribution is -0.138. The lowest BCUT2D eigenvalue weighted by atomic mass is 10.2. The highest BCUT2D eigenvalue weighted by molar-refractivity contribution is 7.99. The van der Waals surface area contributed by atoms with Crippen molar-refractivity contribution in [2.45, 2.75) is 11.4 Å². The SMILES string of the molecule is CN(C)c1ccc([C@@H]2N[C@H](C(=O)O)CS2)cc1. The molecule has 2 atom stereocenters. The van der Waals surface area contributed by atoms with Crippen molar-refractivity contribution in [3.05, 3.63) is 29.8 Å². The number of nitrogens with one attached hydrogen (secondary N) is 1. The van der Waals surface area contributed by atoms with Crippen molar-refractivity contribution in [1.82, 2.24) is 5.32 Å². The van der Waals surface area contributed by atoms with Gasteiger partial charge in [-0.3, -0.25) is 10.1 Å². The third-order valence-corrected chi connectivity index (χ3v) is 4.06. The summed E-state index contributed by atoms with van der Waals surface area (Å²) >= 11 is 1.64. The standard InChI is InChI=1S/C12H16N2O2S/c1-14(2)9-5-3-8(4-6-9)11-13-10(7-17-11)12(15)16/h3-6,10-11,13H,7H2,1-2H3,(H,15,16)/t10-,11+/m0/s1. The zero-order valence-corrected chi connectivity index (χ0v) is 10.7. The zero-order valence-electron chi connectivity index (χ0n) is 9.88. The van der Waals surface area contributed by atoms with Gasteiger partial charge in [0.15, 0.2) is 0 Å². The molecule has 1 aliphatic heterocycles. The maximum Gasteiger partial charge on any atom is 0.321 e. The van der Waals surface area contributed by atoms with Gasteiger partial charge in [0.05, 0.1) is 5.37 Å². The monoisotopic (exact) mass is 252 g/mol. The number of nitrogens with zero attached hydrogens (tertiary/aromatic N) is 1. The van der Waals surface area contributed by atoms with E-state index in [1.165, 1.54) is 0 Å². The molecule has 0 saturated carbocycles. The van der Waals surface area contributed by atoms with Crippen LogP contribution in [0.15, 0.2) is 24.3 Å². The normalized spacial score (nSPS) is 23.6. The molecule has 0 amide bonds. The van der Waals surface area contributed by atoms with Gasteiger partial charge >= 0.3 is 5.97 Å². The van der Waals surface area contributed by atoms with Gasteiger partial charge < -0.3 is 10.0 Å². The number of thioether (sulfide) groups is 1. The molecule has 1 saturated heterocycles. The summed E-state index contributed by atoms with van der Waals surface area (Å²) in [6.07, 6.45) is 0. The first-order valence-corrected chi connectivity index (χ1v) is 6.50. The van der Waals surface area contributed by atoms with E-state index in [2.05, 4.69) is 5.32 Å². The minimum absolute atomic E-state index is 0.0901. The summed E-state index contributed by atoms with van der Waals surface area (Å²) in [7, 11) is 4.00. The molecule has 92 valence electrons. The van der Waals surface area contributed by atoms with Crippen LogP contribution in [0.25, 0.3) is 0 Å². The number of benzene rings is 1. The average Bonchev–Trinajstić information content (AvgIpc) is 2.78. The van der Waals surface area contributed by atoms with Crippen molar-refractivity contribution in [2.75, 3.05) is 24.7 Å². The highest BCUT2D eigenvalue weighted by atomic mass is 32.2. The van der Waals surface area contributed by atoms with Crippen LogP contribution in [0.3, 0.4) is 0 Å². The summed E-state index contributed by atoms with van der Waals surface area (Å²) in [6.45, 7) is 0. The van der Waals surface area contributed by atoms with Crippen LogP contribution in [0.4, 0.5) is 5.69 Å². The molecule has 0 unspecified atom stereocenters. The van der Waals surface area contributed by atoms with Gasteiger partial charge in [-0.2, -0.15) is 0 Å². The predicted molar refractivity (Wildman–Crippen MR) is 70.5 cm³/mol. The molecule has 4 nitrogen and oxygen atoms in total. The summed E-state index contributed by atoms with van der Waals surface area (Å²) in [5, 5.41) is 12.1. The summed E-state index contributed by atoms with van der Waals surface area (Å²) < 4.78 is 0. The predicted octanol–water partition coefficient (Wildman–Crippen LogP) is 1.54. The number of hydrogen-bond acceptors (Lipinski definition) is 4. The van der Waals surface area contributed by atoms with Gasteiger partial charge in [-0.15, -0.1) is 11.8 Å². The lowest BCUT2D eigenvalue weighted by Gasteiger charge is -2.15. The number of rotatable bonds is 3. The second-order valence-electron chi connectivity index (χ2n) is 4.26. The number of carboxylic acid groups (broad SMARTS) is 1. The van der Waals surface area contributed by atoms with Crippen molar-refractivity contribution < 1.29 is 9.90 Å². The number of aliphatic carboxylic acids is 1. The van der Waals surface area contributed by atoms with E-state index < -0.39 is 12.0 Å². The topological polar surface area (TPSA) is 52.6 Å². The summed E-state index contributed by atoms with van der Waals surface area (Å²) in [4.78, 5) is 12.9.